The summed E-state index contributed by atoms with van der Waals surface area (Å²) in [6.07, 6.45) is 7.93. The number of pyridine rings is 1. The quantitative estimate of drug-likeness (QED) is 0.276. The SMILES string of the molecule is CN(/N=C/c1cc(-c2cncn2C)nc2ccc(CCCCO)cc12)C(N)=S. The highest BCUT2D eigenvalue weighted by atomic mass is 32.1. The van der Waals surface area contributed by atoms with Gasteiger partial charge in [-0.1, -0.05) is 6.07 Å². The van der Waals surface area contributed by atoms with Crippen molar-refractivity contribution in [2.24, 2.45) is 17.9 Å². The lowest BCUT2D eigenvalue weighted by atomic mass is 10.0. The molecule has 1 aromatic carbocycles. The molecule has 0 unspecified atom stereocenters. The van der Waals surface area contributed by atoms with E-state index < -0.39 is 0 Å². The van der Waals surface area contributed by atoms with E-state index in [1.54, 1.807) is 25.8 Å². The lowest BCUT2D eigenvalue weighted by Crippen LogP contribution is -2.27. The normalized spacial score (nSPS) is 11.4. The van der Waals surface area contributed by atoms with E-state index in [4.69, 9.17) is 28.0 Å². The maximum Gasteiger partial charge on any atom is 0.186 e. The molecule has 0 spiro atoms. The van der Waals surface area contributed by atoms with Crippen molar-refractivity contribution >= 4 is 34.4 Å². The van der Waals surface area contributed by atoms with Gasteiger partial charge in [0.05, 0.1) is 35.6 Å². The van der Waals surface area contributed by atoms with Crippen LogP contribution in [0.5, 0.6) is 0 Å². The number of hydrazone groups is 1. The van der Waals surface area contributed by atoms with E-state index in [-0.39, 0.29) is 11.7 Å². The summed E-state index contributed by atoms with van der Waals surface area (Å²) in [6, 6.07) is 8.24. The minimum atomic E-state index is 0.200. The first-order chi connectivity index (χ1) is 13.5. The number of hydrogen-bond donors (Lipinski definition) is 2. The highest BCUT2D eigenvalue weighted by Gasteiger charge is 2.10. The van der Waals surface area contributed by atoms with Gasteiger partial charge >= 0.3 is 0 Å². The molecule has 0 aliphatic rings. The van der Waals surface area contributed by atoms with Crippen LogP contribution in [0.25, 0.3) is 22.3 Å². The molecule has 8 heteroatoms. The average Bonchev–Trinajstić information content (AvgIpc) is 3.11. The summed E-state index contributed by atoms with van der Waals surface area (Å²) in [5, 5.41) is 16.0. The Morgan fingerprint density at radius 3 is 2.86 bits per heavy atom. The number of fused-ring (bicyclic) bond motifs is 1. The van der Waals surface area contributed by atoms with Gasteiger partial charge in [-0.2, -0.15) is 5.10 Å². The van der Waals surface area contributed by atoms with Gasteiger partial charge in [0, 0.05) is 31.7 Å². The molecule has 0 bridgehead atoms. The van der Waals surface area contributed by atoms with Gasteiger partial charge in [-0.15, -0.1) is 0 Å². The zero-order valence-electron chi connectivity index (χ0n) is 16.0. The fourth-order valence-electron chi connectivity index (χ4n) is 2.94. The van der Waals surface area contributed by atoms with Crippen molar-refractivity contribution < 1.29 is 5.11 Å². The second-order valence-electron chi connectivity index (χ2n) is 6.63. The zero-order valence-corrected chi connectivity index (χ0v) is 16.9. The molecule has 0 saturated carbocycles. The predicted octanol–water partition coefficient (Wildman–Crippen LogP) is 2.46. The van der Waals surface area contributed by atoms with Gasteiger partial charge in [0.25, 0.3) is 0 Å². The number of hydrogen-bond acceptors (Lipinski definition) is 5. The highest BCUT2D eigenvalue weighted by Crippen LogP contribution is 2.25. The van der Waals surface area contributed by atoms with Crippen molar-refractivity contribution in [1.29, 1.82) is 0 Å². The third kappa shape index (κ3) is 4.52. The topological polar surface area (TPSA) is 92.6 Å². The first-order valence-corrected chi connectivity index (χ1v) is 9.49. The lowest BCUT2D eigenvalue weighted by Gasteiger charge is -2.11. The number of imidazole rings is 1. The van der Waals surface area contributed by atoms with E-state index in [9.17, 15) is 0 Å². The van der Waals surface area contributed by atoms with Crippen molar-refractivity contribution in [3.05, 3.63) is 47.9 Å². The van der Waals surface area contributed by atoms with Crippen molar-refractivity contribution in [3.8, 4) is 11.4 Å². The fourth-order valence-corrected chi connectivity index (χ4v) is 2.99. The first-order valence-electron chi connectivity index (χ1n) is 9.08. The molecule has 0 aliphatic carbocycles. The number of unbranched alkanes of at least 4 members (excludes halogenated alkanes) is 1. The van der Waals surface area contributed by atoms with Crippen LogP contribution < -0.4 is 5.73 Å². The van der Waals surface area contributed by atoms with Crippen LogP contribution >= 0.6 is 12.2 Å². The van der Waals surface area contributed by atoms with Crippen LogP contribution in [0, 0.1) is 0 Å². The smallest absolute Gasteiger partial charge is 0.186 e. The summed E-state index contributed by atoms with van der Waals surface area (Å²) < 4.78 is 1.93. The van der Waals surface area contributed by atoms with Crippen LogP contribution in [-0.2, 0) is 13.5 Å². The fraction of sp³-hybridized carbons (Fsp3) is 0.300. The Hall–Kier alpha value is -2.84. The molecule has 0 amide bonds. The van der Waals surface area contributed by atoms with Gasteiger partial charge in [-0.3, -0.25) is 0 Å². The third-order valence-electron chi connectivity index (χ3n) is 4.55. The van der Waals surface area contributed by atoms with Gasteiger partial charge in [0.2, 0.25) is 0 Å². The average molecular weight is 397 g/mol. The van der Waals surface area contributed by atoms with Gasteiger partial charge in [-0.05, 0) is 55.2 Å². The number of aromatic nitrogens is 3. The lowest BCUT2D eigenvalue weighted by molar-refractivity contribution is 0.284. The molecule has 7 nitrogen and oxygen atoms in total. The minimum Gasteiger partial charge on any atom is -0.396 e. The minimum absolute atomic E-state index is 0.200. The zero-order chi connectivity index (χ0) is 20.1. The number of aliphatic hydroxyl groups is 1. The molecule has 3 aromatic rings. The standard InChI is InChI=1S/C20H24N6OS/c1-25-13-22-12-19(25)18-10-15(11-23-26(2)20(21)28)16-9-14(5-3-4-8-27)6-7-17(16)24-18/h6-7,9-13,27H,3-5,8H2,1-2H3,(H2,21,28)/b23-11+. The van der Waals surface area contributed by atoms with Crippen LogP contribution in [0.1, 0.15) is 24.0 Å². The number of aliphatic hydroxyl groups excluding tert-OH is 1. The molecule has 28 heavy (non-hydrogen) atoms. The Labute approximate surface area is 169 Å². The monoisotopic (exact) mass is 396 g/mol. The van der Waals surface area contributed by atoms with Crippen LogP contribution in [0.2, 0.25) is 0 Å². The highest BCUT2D eigenvalue weighted by molar-refractivity contribution is 7.80. The predicted molar refractivity (Wildman–Crippen MR) is 116 cm³/mol. The summed E-state index contributed by atoms with van der Waals surface area (Å²) in [4.78, 5) is 9.00. The van der Waals surface area contributed by atoms with Crippen molar-refractivity contribution in [1.82, 2.24) is 19.5 Å². The maximum absolute atomic E-state index is 9.01. The van der Waals surface area contributed by atoms with Crippen LogP contribution in [0.15, 0.2) is 41.9 Å². The molecule has 2 aromatic heterocycles. The molecule has 3 N–H and O–H groups in total. The molecule has 0 aliphatic heterocycles. The molecule has 0 atom stereocenters. The molecule has 0 fully saturated rings. The Kier molecular flexibility index (Phi) is 6.33. The molecule has 3 rings (SSSR count). The van der Waals surface area contributed by atoms with E-state index in [1.807, 2.05) is 23.7 Å². The summed E-state index contributed by atoms with van der Waals surface area (Å²) >= 11 is 4.96. The summed E-state index contributed by atoms with van der Waals surface area (Å²) in [7, 11) is 3.65. The Bertz CT molecular complexity index is 1010. The number of thiocarbonyl (C=S) groups is 1. The first kappa shape index (κ1) is 19.9. The van der Waals surface area contributed by atoms with E-state index in [2.05, 4.69) is 22.2 Å². The number of rotatable bonds is 7. The van der Waals surface area contributed by atoms with Gasteiger partial charge in [-0.25, -0.2) is 15.0 Å². The summed E-state index contributed by atoms with van der Waals surface area (Å²) in [6.45, 7) is 0.215. The van der Waals surface area contributed by atoms with Gasteiger partial charge < -0.3 is 15.4 Å². The molecule has 146 valence electrons. The number of aryl methyl sites for hydroxylation is 2. The third-order valence-corrected chi connectivity index (χ3v) is 4.81. The molecule has 0 radical (unpaired) electrons. The largest absolute Gasteiger partial charge is 0.396 e. The van der Waals surface area contributed by atoms with Crippen LogP contribution in [-0.4, -0.2) is 49.6 Å². The van der Waals surface area contributed by atoms with E-state index >= 15 is 0 Å². The Morgan fingerprint density at radius 1 is 1.36 bits per heavy atom. The van der Waals surface area contributed by atoms with Crippen molar-refractivity contribution in [2.75, 3.05) is 13.7 Å². The second-order valence-corrected chi connectivity index (χ2v) is 7.04. The van der Waals surface area contributed by atoms with E-state index in [0.29, 0.717) is 0 Å². The van der Waals surface area contributed by atoms with Crippen LogP contribution in [0.4, 0.5) is 0 Å². The van der Waals surface area contributed by atoms with Crippen molar-refractivity contribution in [2.45, 2.75) is 19.3 Å². The Morgan fingerprint density at radius 2 is 2.18 bits per heavy atom. The second kappa shape index (κ2) is 8.90. The number of benzene rings is 1. The molecule has 0 saturated heterocycles. The maximum atomic E-state index is 9.01. The molecular formula is C20H24N6OS. The van der Waals surface area contributed by atoms with Gasteiger partial charge in [0.15, 0.2) is 5.11 Å². The van der Waals surface area contributed by atoms with Gasteiger partial charge in [0.1, 0.15) is 0 Å². The summed E-state index contributed by atoms with van der Waals surface area (Å²) in [5.74, 6) is 0. The number of nitrogens with two attached hydrogens (primary N) is 1. The molecule has 2 heterocycles. The van der Waals surface area contributed by atoms with E-state index in [0.717, 1.165) is 47.1 Å². The molecular weight excluding hydrogens is 372 g/mol. The van der Waals surface area contributed by atoms with E-state index in [1.165, 1.54) is 10.6 Å². The van der Waals surface area contributed by atoms with Crippen molar-refractivity contribution in [3.63, 3.8) is 0 Å². The Balaban J connectivity index is 2.08. The van der Waals surface area contributed by atoms with Crippen LogP contribution in [0.3, 0.4) is 0 Å². The number of nitrogens with zero attached hydrogens (tertiary/aromatic N) is 5. The summed E-state index contributed by atoms with van der Waals surface area (Å²) in [5.41, 5.74) is 10.4.